The Bertz CT molecular complexity index is 670. The molecule has 1 aromatic carbocycles. The second kappa shape index (κ2) is 5.41. The molecule has 2 rings (SSSR count). The highest BCUT2D eigenvalue weighted by molar-refractivity contribution is 6.14. The van der Waals surface area contributed by atoms with Gasteiger partial charge in [0.15, 0.2) is 17.8 Å². The number of fused-ring (bicyclic) bond motifs is 1. The number of Topliss-reactive ketones (excluding diaryl/α,β-unsaturated/α-hetero) is 2. The molecule has 1 heterocycles. The summed E-state index contributed by atoms with van der Waals surface area (Å²) in [6.07, 6.45) is -6.57. The highest BCUT2D eigenvalue weighted by Crippen LogP contribution is 2.38. The first-order valence-electron chi connectivity index (χ1n) is 6.12. The molecule has 1 unspecified atom stereocenters. The Kier molecular flexibility index (Phi) is 3.92. The van der Waals surface area contributed by atoms with E-state index in [2.05, 4.69) is 5.32 Å². The predicted octanol–water partition coefficient (Wildman–Crippen LogP) is 1.64. The lowest BCUT2D eigenvalue weighted by atomic mass is 9.94. The molecule has 0 spiro atoms. The summed E-state index contributed by atoms with van der Waals surface area (Å²) in [4.78, 5) is 34.6. The molecule has 0 saturated heterocycles. The molecule has 22 heavy (non-hydrogen) atoms. The van der Waals surface area contributed by atoms with Gasteiger partial charge < -0.3 is 10.1 Å². The number of carbonyl (C=O) groups is 3. The van der Waals surface area contributed by atoms with Crippen molar-refractivity contribution in [2.45, 2.75) is 25.7 Å². The SMILES string of the molecule is CC(=O)Nc1ccc(C(=O)C(F)(F)F)c2c1OC(N)CC2=O. The highest BCUT2D eigenvalue weighted by Gasteiger charge is 2.43. The van der Waals surface area contributed by atoms with Crippen LogP contribution in [0.15, 0.2) is 12.1 Å². The number of nitrogens with two attached hydrogens (primary N) is 1. The first-order valence-corrected chi connectivity index (χ1v) is 6.12. The Morgan fingerprint density at radius 3 is 2.55 bits per heavy atom. The van der Waals surface area contributed by atoms with Crippen molar-refractivity contribution in [2.24, 2.45) is 5.73 Å². The number of alkyl halides is 3. The number of hydrogen-bond donors (Lipinski definition) is 2. The minimum absolute atomic E-state index is 0.0234. The molecule has 0 bridgehead atoms. The van der Waals surface area contributed by atoms with E-state index in [-0.39, 0.29) is 17.9 Å². The third kappa shape index (κ3) is 2.93. The Labute approximate surface area is 122 Å². The van der Waals surface area contributed by atoms with Crippen LogP contribution in [0.1, 0.15) is 34.1 Å². The van der Waals surface area contributed by atoms with Crippen LogP contribution in [-0.4, -0.2) is 29.9 Å². The zero-order valence-electron chi connectivity index (χ0n) is 11.3. The normalized spacial score (nSPS) is 17.5. The summed E-state index contributed by atoms with van der Waals surface area (Å²) in [5.41, 5.74) is 4.12. The number of carbonyl (C=O) groups excluding carboxylic acids is 3. The van der Waals surface area contributed by atoms with Crippen molar-refractivity contribution in [1.82, 2.24) is 0 Å². The van der Waals surface area contributed by atoms with Gasteiger partial charge in [0.25, 0.3) is 5.78 Å². The minimum Gasteiger partial charge on any atom is -0.472 e. The number of benzene rings is 1. The molecule has 3 N–H and O–H groups in total. The van der Waals surface area contributed by atoms with E-state index in [0.717, 1.165) is 12.1 Å². The summed E-state index contributed by atoms with van der Waals surface area (Å²) in [6.45, 7) is 1.17. The topological polar surface area (TPSA) is 98.5 Å². The van der Waals surface area contributed by atoms with Crippen LogP contribution in [0.2, 0.25) is 0 Å². The largest absolute Gasteiger partial charge is 0.472 e. The van der Waals surface area contributed by atoms with Crippen molar-refractivity contribution in [3.05, 3.63) is 23.3 Å². The molecule has 0 aliphatic carbocycles. The van der Waals surface area contributed by atoms with Crippen molar-refractivity contribution in [2.75, 3.05) is 5.32 Å². The molecule has 9 heteroatoms. The summed E-state index contributed by atoms with van der Waals surface area (Å²) in [5, 5.41) is 2.31. The molecule has 6 nitrogen and oxygen atoms in total. The zero-order valence-corrected chi connectivity index (χ0v) is 11.3. The maximum absolute atomic E-state index is 12.6. The summed E-state index contributed by atoms with van der Waals surface area (Å²) in [5.74, 6) is -3.76. The quantitative estimate of drug-likeness (QED) is 0.808. The van der Waals surface area contributed by atoms with Gasteiger partial charge in [0.05, 0.1) is 17.7 Å². The monoisotopic (exact) mass is 316 g/mol. The lowest BCUT2D eigenvalue weighted by Gasteiger charge is -2.26. The Morgan fingerprint density at radius 2 is 2.00 bits per heavy atom. The van der Waals surface area contributed by atoms with E-state index < -0.39 is 41.0 Å². The molecule has 0 saturated carbocycles. The maximum atomic E-state index is 12.6. The van der Waals surface area contributed by atoms with Gasteiger partial charge in [0, 0.05) is 12.5 Å². The minimum atomic E-state index is -5.14. The third-order valence-corrected chi connectivity index (χ3v) is 2.91. The third-order valence-electron chi connectivity index (χ3n) is 2.91. The molecule has 1 atom stereocenters. The lowest BCUT2D eigenvalue weighted by Crippen LogP contribution is -2.36. The molecule has 118 valence electrons. The van der Waals surface area contributed by atoms with Gasteiger partial charge in [-0.1, -0.05) is 0 Å². The maximum Gasteiger partial charge on any atom is 0.454 e. The second-order valence-corrected chi connectivity index (χ2v) is 4.66. The van der Waals surface area contributed by atoms with Gasteiger partial charge in [-0.15, -0.1) is 0 Å². The molecular formula is C13H11F3N2O4. The molecule has 0 aromatic heterocycles. The van der Waals surface area contributed by atoms with Crippen molar-refractivity contribution < 1.29 is 32.3 Å². The van der Waals surface area contributed by atoms with Gasteiger partial charge >= 0.3 is 6.18 Å². The first-order chi connectivity index (χ1) is 10.1. The predicted molar refractivity (Wildman–Crippen MR) is 68.7 cm³/mol. The van der Waals surface area contributed by atoms with Crippen LogP contribution in [0.5, 0.6) is 5.75 Å². The molecule has 1 amide bonds. The smallest absolute Gasteiger partial charge is 0.454 e. The van der Waals surface area contributed by atoms with E-state index in [4.69, 9.17) is 10.5 Å². The highest BCUT2D eigenvalue weighted by atomic mass is 19.4. The number of rotatable bonds is 2. The molecule has 0 radical (unpaired) electrons. The number of ether oxygens (including phenoxy) is 1. The van der Waals surface area contributed by atoms with E-state index in [1.807, 2.05) is 0 Å². The average molecular weight is 316 g/mol. The fraction of sp³-hybridized carbons (Fsp3) is 0.308. The summed E-state index contributed by atoms with van der Waals surface area (Å²) in [7, 11) is 0. The molecule has 0 fully saturated rings. The van der Waals surface area contributed by atoms with Crippen molar-refractivity contribution >= 4 is 23.2 Å². The Hall–Kier alpha value is -2.42. The van der Waals surface area contributed by atoms with Crippen LogP contribution >= 0.6 is 0 Å². The summed E-state index contributed by atoms with van der Waals surface area (Å²) >= 11 is 0. The first kappa shape index (κ1) is 16.0. The average Bonchev–Trinajstić information content (AvgIpc) is 2.36. The molecule has 1 aliphatic heterocycles. The van der Waals surface area contributed by atoms with E-state index >= 15 is 0 Å². The fourth-order valence-corrected chi connectivity index (χ4v) is 2.09. The fourth-order valence-electron chi connectivity index (χ4n) is 2.09. The number of ketones is 2. The number of amides is 1. The number of halogens is 3. The van der Waals surface area contributed by atoms with Gasteiger partial charge in [-0.2, -0.15) is 13.2 Å². The van der Waals surface area contributed by atoms with Crippen molar-refractivity contribution in [3.8, 4) is 5.75 Å². The zero-order chi connectivity index (χ0) is 16.7. The standard InChI is InChI=1S/C13H11F3N2O4/c1-5(19)18-7-3-2-6(12(21)13(14,15)16)10-8(20)4-9(17)22-11(7)10/h2-3,9H,4,17H2,1H3,(H,18,19). The van der Waals surface area contributed by atoms with E-state index in [1.165, 1.54) is 6.92 Å². The summed E-state index contributed by atoms with van der Waals surface area (Å²) < 4.78 is 43.0. The van der Waals surface area contributed by atoms with Crippen LogP contribution < -0.4 is 15.8 Å². The molecule has 1 aliphatic rings. The van der Waals surface area contributed by atoms with Crippen LogP contribution in [0.25, 0.3) is 0 Å². The van der Waals surface area contributed by atoms with Crippen LogP contribution in [0.3, 0.4) is 0 Å². The lowest BCUT2D eigenvalue weighted by molar-refractivity contribution is -0.114. The van der Waals surface area contributed by atoms with Gasteiger partial charge in [-0.3, -0.25) is 20.1 Å². The second-order valence-electron chi connectivity index (χ2n) is 4.66. The number of hydrogen-bond acceptors (Lipinski definition) is 5. The Morgan fingerprint density at radius 1 is 1.36 bits per heavy atom. The molecule has 1 aromatic rings. The van der Waals surface area contributed by atoms with Crippen molar-refractivity contribution in [3.63, 3.8) is 0 Å². The van der Waals surface area contributed by atoms with Crippen molar-refractivity contribution in [1.29, 1.82) is 0 Å². The number of anilines is 1. The van der Waals surface area contributed by atoms with Gasteiger partial charge in [-0.05, 0) is 12.1 Å². The van der Waals surface area contributed by atoms with Crippen LogP contribution in [0, 0.1) is 0 Å². The van der Waals surface area contributed by atoms with Crippen LogP contribution in [0.4, 0.5) is 18.9 Å². The van der Waals surface area contributed by atoms with Crippen LogP contribution in [-0.2, 0) is 4.79 Å². The number of nitrogens with one attached hydrogen (secondary N) is 1. The van der Waals surface area contributed by atoms with E-state index in [9.17, 15) is 27.6 Å². The van der Waals surface area contributed by atoms with E-state index in [1.54, 1.807) is 0 Å². The van der Waals surface area contributed by atoms with Gasteiger partial charge in [0.1, 0.15) is 0 Å². The van der Waals surface area contributed by atoms with Gasteiger partial charge in [0.2, 0.25) is 5.91 Å². The van der Waals surface area contributed by atoms with E-state index in [0.29, 0.717) is 0 Å². The van der Waals surface area contributed by atoms with Gasteiger partial charge in [-0.25, -0.2) is 0 Å². The summed E-state index contributed by atoms with van der Waals surface area (Å²) in [6, 6.07) is 1.89. The molecular weight excluding hydrogens is 305 g/mol. The Balaban J connectivity index is 2.64.